The smallest absolute Gasteiger partial charge is 0.253 e. The molecule has 0 spiro atoms. The number of benzene rings is 1. The highest BCUT2D eigenvalue weighted by molar-refractivity contribution is 5.94. The Morgan fingerprint density at radius 2 is 2.06 bits per heavy atom. The number of ether oxygens (including phenoxy) is 3. The summed E-state index contributed by atoms with van der Waals surface area (Å²) >= 11 is 0. The summed E-state index contributed by atoms with van der Waals surface area (Å²) in [7, 11) is 0. The van der Waals surface area contributed by atoms with Crippen molar-refractivity contribution in [2.45, 2.75) is 38.9 Å². The molecule has 2 unspecified atom stereocenters. The highest BCUT2D eigenvalue weighted by Gasteiger charge is 2.28. The van der Waals surface area contributed by atoms with Crippen molar-refractivity contribution in [1.29, 1.82) is 0 Å². The van der Waals surface area contributed by atoms with Crippen molar-refractivity contribution < 1.29 is 32.3 Å². The highest BCUT2D eigenvalue weighted by atomic mass is 19.2. The molecule has 0 saturated carbocycles. The van der Waals surface area contributed by atoms with Crippen LogP contribution in [0.2, 0.25) is 0 Å². The van der Waals surface area contributed by atoms with Crippen molar-refractivity contribution in [2.24, 2.45) is 0 Å². The van der Waals surface area contributed by atoms with E-state index in [1.807, 2.05) is 6.92 Å². The zero-order valence-corrected chi connectivity index (χ0v) is 18.3. The third-order valence-electron chi connectivity index (χ3n) is 5.22. The van der Waals surface area contributed by atoms with Crippen molar-refractivity contribution in [2.75, 3.05) is 44.8 Å². The summed E-state index contributed by atoms with van der Waals surface area (Å²) in [4.78, 5) is 13.9. The molecule has 2 aliphatic rings. The molecular weight excluding hydrogens is 424 g/mol. The maximum Gasteiger partial charge on any atom is 0.253 e. The number of morpholine rings is 1. The fraction of sp³-hybridized carbons (Fsp3) is 0.545. The summed E-state index contributed by atoms with van der Waals surface area (Å²) in [5.74, 6) is -1.95. The topological polar surface area (TPSA) is 86.1 Å². The van der Waals surface area contributed by atoms with Crippen LogP contribution in [0.25, 0.3) is 0 Å². The molecule has 2 aliphatic heterocycles. The lowest BCUT2D eigenvalue weighted by Crippen LogP contribution is -2.38. The van der Waals surface area contributed by atoms with E-state index in [-0.39, 0.29) is 23.9 Å². The second kappa shape index (κ2) is 11.9. The first-order chi connectivity index (χ1) is 15.4. The second-order valence-corrected chi connectivity index (χ2v) is 7.67. The van der Waals surface area contributed by atoms with Crippen LogP contribution >= 0.6 is 0 Å². The zero-order valence-electron chi connectivity index (χ0n) is 18.3. The first-order valence-electron chi connectivity index (χ1n) is 10.7. The van der Waals surface area contributed by atoms with Gasteiger partial charge in [-0.2, -0.15) is 4.39 Å². The predicted molar refractivity (Wildman–Crippen MR) is 113 cm³/mol. The average molecular weight is 453 g/mol. The van der Waals surface area contributed by atoms with Crippen LogP contribution < -0.4 is 10.1 Å². The Bertz CT molecular complexity index is 873. The van der Waals surface area contributed by atoms with Crippen molar-refractivity contribution in [3.8, 4) is 5.75 Å². The van der Waals surface area contributed by atoms with Gasteiger partial charge in [-0.25, -0.2) is 4.39 Å². The lowest BCUT2D eigenvalue weighted by molar-refractivity contribution is -0.126. The largest absolute Gasteiger partial charge is 0.489 e. The molecule has 8 nitrogen and oxygen atoms in total. The Morgan fingerprint density at radius 3 is 2.72 bits per heavy atom. The number of rotatable bonds is 6. The van der Waals surface area contributed by atoms with Crippen LogP contribution in [0.3, 0.4) is 0 Å². The molecule has 4 rings (SSSR count). The Kier molecular flexibility index (Phi) is 8.95. The van der Waals surface area contributed by atoms with Gasteiger partial charge in [0.15, 0.2) is 11.6 Å². The Balaban J connectivity index is 0.000000182. The van der Waals surface area contributed by atoms with Crippen LogP contribution in [0.1, 0.15) is 25.5 Å². The summed E-state index contributed by atoms with van der Waals surface area (Å²) < 4.78 is 46.7. The molecular formula is C22H29F2N3O5. The van der Waals surface area contributed by atoms with Gasteiger partial charge >= 0.3 is 0 Å². The number of hydrogen-bond acceptors (Lipinski definition) is 7. The Hall–Kier alpha value is -2.56. The number of amides is 1. The number of carbonyl (C=O) groups is 1. The van der Waals surface area contributed by atoms with Gasteiger partial charge in [-0.05, 0) is 38.8 Å². The summed E-state index contributed by atoms with van der Waals surface area (Å²) in [6, 6.07) is 3.93. The minimum absolute atomic E-state index is 0.0294. The summed E-state index contributed by atoms with van der Waals surface area (Å²) in [6.07, 6.45) is 2.96. The molecule has 2 saturated heterocycles. The molecule has 2 fully saturated rings. The first kappa shape index (κ1) is 24.1. The van der Waals surface area contributed by atoms with Crippen LogP contribution in [0.4, 0.5) is 14.5 Å². The molecule has 0 bridgehead atoms. The molecule has 0 aliphatic carbocycles. The van der Waals surface area contributed by atoms with Crippen LogP contribution in [-0.2, 0) is 14.3 Å². The first-order valence-corrected chi connectivity index (χ1v) is 10.7. The molecule has 1 N–H and O–H groups in total. The normalized spacial score (nSPS) is 21.0. The maximum atomic E-state index is 13.2. The van der Waals surface area contributed by atoms with Gasteiger partial charge in [-0.15, -0.1) is 0 Å². The molecule has 1 amide bonds. The van der Waals surface area contributed by atoms with Crippen LogP contribution in [0.5, 0.6) is 5.75 Å². The van der Waals surface area contributed by atoms with E-state index in [2.05, 4.69) is 15.4 Å². The second-order valence-electron chi connectivity index (χ2n) is 7.67. The summed E-state index contributed by atoms with van der Waals surface area (Å²) in [6.45, 7) is 7.93. The van der Waals surface area contributed by atoms with Crippen molar-refractivity contribution in [3.63, 3.8) is 0 Å². The average Bonchev–Trinajstić information content (AvgIpc) is 3.40. The van der Waals surface area contributed by atoms with Crippen molar-refractivity contribution in [1.82, 2.24) is 10.1 Å². The fourth-order valence-corrected chi connectivity index (χ4v) is 3.33. The monoisotopic (exact) mass is 453 g/mol. The summed E-state index contributed by atoms with van der Waals surface area (Å²) in [5, 5.41) is 6.41. The predicted octanol–water partition coefficient (Wildman–Crippen LogP) is 3.16. The van der Waals surface area contributed by atoms with E-state index in [0.29, 0.717) is 37.7 Å². The third kappa shape index (κ3) is 6.98. The molecule has 10 heteroatoms. The van der Waals surface area contributed by atoms with E-state index >= 15 is 0 Å². The van der Waals surface area contributed by atoms with Crippen LogP contribution in [-0.4, -0.2) is 67.6 Å². The number of carbonyl (C=O) groups excluding carboxylic acids is 1. The van der Waals surface area contributed by atoms with Gasteiger partial charge in [-0.3, -0.25) is 9.69 Å². The number of hydrogen-bond donors (Lipinski definition) is 1. The van der Waals surface area contributed by atoms with Gasteiger partial charge in [0.2, 0.25) is 5.82 Å². The number of halogens is 2. The lowest BCUT2D eigenvalue weighted by Gasteiger charge is -2.26. The maximum absolute atomic E-state index is 13.2. The van der Waals surface area contributed by atoms with E-state index in [0.717, 1.165) is 32.0 Å². The van der Waals surface area contributed by atoms with E-state index < -0.39 is 11.6 Å². The van der Waals surface area contributed by atoms with Gasteiger partial charge in [0.25, 0.3) is 5.91 Å². The number of nitrogens with one attached hydrogen (secondary N) is 1. The minimum atomic E-state index is -0.922. The quantitative estimate of drug-likeness (QED) is 0.719. The van der Waals surface area contributed by atoms with Crippen LogP contribution in [0, 0.1) is 18.6 Å². The van der Waals surface area contributed by atoms with Gasteiger partial charge in [0.1, 0.15) is 30.4 Å². The van der Waals surface area contributed by atoms with Gasteiger partial charge in [0.05, 0.1) is 19.3 Å². The standard InChI is InChI=1S/C12H15F2NO2.C10H14N2O3/c13-10-2-1-3-11(12(10)14)17-9-6-15-4-7-16-8-5-15;1-6-3-4-9(15-6)10(13)11-8-5-14-12-7(8)2/h1-3H,4-9H2;5-6,9H,3-4H2,1-2H3,(H,11,13). The van der Waals surface area contributed by atoms with Gasteiger partial charge in [0, 0.05) is 19.6 Å². The van der Waals surface area contributed by atoms with Crippen molar-refractivity contribution in [3.05, 3.63) is 41.8 Å². The summed E-state index contributed by atoms with van der Waals surface area (Å²) in [5.41, 5.74) is 1.29. The fourth-order valence-electron chi connectivity index (χ4n) is 3.33. The number of aromatic nitrogens is 1. The number of aryl methyl sites for hydroxylation is 1. The van der Waals surface area contributed by atoms with E-state index in [9.17, 15) is 13.6 Å². The molecule has 2 aromatic rings. The molecule has 3 heterocycles. The molecule has 32 heavy (non-hydrogen) atoms. The zero-order chi connectivity index (χ0) is 22.9. The molecule has 1 aromatic heterocycles. The Morgan fingerprint density at radius 1 is 1.28 bits per heavy atom. The lowest BCUT2D eigenvalue weighted by atomic mass is 10.2. The molecule has 0 radical (unpaired) electrons. The highest BCUT2D eigenvalue weighted by Crippen LogP contribution is 2.21. The SMILES string of the molecule is Cc1nocc1NC(=O)C1CCC(C)O1.Fc1cccc(OCCN2CCOCC2)c1F. The van der Waals surface area contributed by atoms with Crippen LogP contribution in [0.15, 0.2) is 29.0 Å². The molecule has 176 valence electrons. The number of anilines is 1. The van der Waals surface area contributed by atoms with E-state index in [1.54, 1.807) is 6.92 Å². The van der Waals surface area contributed by atoms with E-state index in [4.69, 9.17) is 18.7 Å². The molecule has 1 aromatic carbocycles. The van der Waals surface area contributed by atoms with Gasteiger partial charge in [-0.1, -0.05) is 11.2 Å². The molecule has 2 atom stereocenters. The minimum Gasteiger partial charge on any atom is -0.489 e. The van der Waals surface area contributed by atoms with Gasteiger partial charge < -0.3 is 24.1 Å². The number of nitrogens with zero attached hydrogens (tertiary/aromatic N) is 2. The van der Waals surface area contributed by atoms with E-state index in [1.165, 1.54) is 18.4 Å². The Labute approximate surface area is 185 Å². The van der Waals surface area contributed by atoms with Crippen molar-refractivity contribution >= 4 is 11.6 Å². The third-order valence-corrected chi connectivity index (χ3v) is 5.22.